The number of benzene rings is 1. The van der Waals surface area contributed by atoms with Gasteiger partial charge < -0.3 is 14.0 Å². The number of carbonyl (C=O) groups excluding carboxylic acids is 1. The summed E-state index contributed by atoms with van der Waals surface area (Å²) in [6.45, 7) is 4.15. The molecule has 0 saturated carbocycles. The number of rotatable bonds is 4. The van der Waals surface area contributed by atoms with Gasteiger partial charge in [-0.2, -0.15) is 4.98 Å². The second kappa shape index (κ2) is 6.08. The summed E-state index contributed by atoms with van der Waals surface area (Å²) >= 11 is 0. The zero-order chi connectivity index (χ0) is 16.4. The third-order valence-corrected chi connectivity index (χ3v) is 3.66. The van der Waals surface area contributed by atoms with Crippen molar-refractivity contribution in [3.8, 4) is 0 Å². The van der Waals surface area contributed by atoms with Crippen molar-refractivity contribution in [1.82, 2.24) is 14.7 Å². The second-order valence-corrected chi connectivity index (χ2v) is 5.45. The Hall–Kier alpha value is -2.89. The van der Waals surface area contributed by atoms with Gasteiger partial charge in [0.15, 0.2) is 5.82 Å². The van der Waals surface area contributed by atoms with Crippen molar-refractivity contribution >= 4 is 11.6 Å². The van der Waals surface area contributed by atoms with Gasteiger partial charge in [0.2, 0.25) is 5.89 Å². The van der Waals surface area contributed by atoms with Crippen molar-refractivity contribution in [1.29, 1.82) is 0 Å². The van der Waals surface area contributed by atoms with Crippen molar-refractivity contribution in [3.63, 3.8) is 0 Å². The molecule has 0 aliphatic rings. The van der Waals surface area contributed by atoms with Gasteiger partial charge in [-0.05, 0) is 31.2 Å². The van der Waals surface area contributed by atoms with E-state index in [1.807, 2.05) is 48.0 Å². The molecule has 0 unspecified atom stereocenters. The standard InChI is InChI=1S/C17H18N4O2/c1-12-6-8-14(9-7-12)20(3)17(22)15-5-4-10-21(15)11-16-18-13(2)23-19-16/h4-10H,11H2,1-3H3. The van der Waals surface area contributed by atoms with Gasteiger partial charge >= 0.3 is 0 Å². The molecule has 118 valence electrons. The van der Waals surface area contributed by atoms with Gasteiger partial charge in [-0.15, -0.1) is 0 Å². The van der Waals surface area contributed by atoms with Crippen LogP contribution in [0.5, 0.6) is 0 Å². The van der Waals surface area contributed by atoms with Crippen LogP contribution >= 0.6 is 0 Å². The van der Waals surface area contributed by atoms with E-state index in [-0.39, 0.29) is 5.91 Å². The van der Waals surface area contributed by atoms with Crippen molar-refractivity contribution in [2.75, 3.05) is 11.9 Å². The molecule has 23 heavy (non-hydrogen) atoms. The van der Waals surface area contributed by atoms with Gasteiger partial charge in [0.05, 0.1) is 6.54 Å². The van der Waals surface area contributed by atoms with E-state index in [0.717, 1.165) is 11.3 Å². The Labute approximate surface area is 134 Å². The number of aryl methyl sites for hydroxylation is 2. The Morgan fingerprint density at radius 2 is 1.96 bits per heavy atom. The van der Waals surface area contributed by atoms with Crippen LogP contribution in [0.2, 0.25) is 0 Å². The molecule has 0 atom stereocenters. The van der Waals surface area contributed by atoms with Crippen molar-refractivity contribution in [2.45, 2.75) is 20.4 Å². The molecule has 3 aromatic rings. The summed E-state index contributed by atoms with van der Waals surface area (Å²) in [5.74, 6) is 0.974. The Bertz CT molecular complexity index is 817. The average molecular weight is 310 g/mol. The third kappa shape index (κ3) is 3.15. The molecule has 0 saturated heterocycles. The maximum Gasteiger partial charge on any atom is 0.274 e. The van der Waals surface area contributed by atoms with Crippen LogP contribution in [0, 0.1) is 13.8 Å². The maximum atomic E-state index is 12.7. The van der Waals surface area contributed by atoms with Crippen LogP contribution in [0.1, 0.15) is 27.8 Å². The highest BCUT2D eigenvalue weighted by Gasteiger charge is 2.18. The van der Waals surface area contributed by atoms with E-state index in [0.29, 0.717) is 24.0 Å². The highest BCUT2D eigenvalue weighted by Crippen LogP contribution is 2.17. The summed E-state index contributed by atoms with van der Waals surface area (Å²) in [7, 11) is 1.77. The lowest BCUT2D eigenvalue weighted by Gasteiger charge is -2.18. The molecule has 0 fully saturated rings. The molecule has 1 aromatic carbocycles. The van der Waals surface area contributed by atoms with Crippen LogP contribution in [0.4, 0.5) is 5.69 Å². The van der Waals surface area contributed by atoms with Gasteiger partial charge in [0, 0.05) is 25.9 Å². The largest absolute Gasteiger partial charge is 0.340 e. The van der Waals surface area contributed by atoms with E-state index in [9.17, 15) is 4.79 Å². The fourth-order valence-electron chi connectivity index (χ4n) is 2.36. The van der Waals surface area contributed by atoms with Crippen LogP contribution in [-0.4, -0.2) is 27.7 Å². The highest BCUT2D eigenvalue weighted by atomic mass is 16.5. The molecule has 2 heterocycles. The molecule has 0 radical (unpaired) electrons. The van der Waals surface area contributed by atoms with Gasteiger partial charge in [0.1, 0.15) is 5.69 Å². The molecular weight excluding hydrogens is 292 g/mol. The van der Waals surface area contributed by atoms with E-state index in [1.165, 1.54) is 0 Å². The molecule has 0 aliphatic carbocycles. The van der Waals surface area contributed by atoms with E-state index < -0.39 is 0 Å². The molecule has 6 nitrogen and oxygen atoms in total. The number of hydrogen-bond acceptors (Lipinski definition) is 4. The number of carbonyl (C=O) groups is 1. The summed E-state index contributed by atoms with van der Waals surface area (Å²) in [6.07, 6.45) is 1.84. The minimum Gasteiger partial charge on any atom is -0.340 e. The van der Waals surface area contributed by atoms with Crippen LogP contribution in [0.25, 0.3) is 0 Å². The zero-order valence-corrected chi connectivity index (χ0v) is 13.4. The first-order chi connectivity index (χ1) is 11.0. The molecule has 1 amide bonds. The Balaban J connectivity index is 1.82. The van der Waals surface area contributed by atoms with Gasteiger partial charge in [0.25, 0.3) is 5.91 Å². The minimum absolute atomic E-state index is 0.0842. The molecule has 0 aliphatic heterocycles. The number of anilines is 1. The molecular formula is C17H18N4O2. The smallest absolute Gasteiger partial charge is 0.274 e. The van der Waals surface area contributed by atoms with Crippen LogP contribution in [0.3, 0.4) is 0 Å². The lowest BCUT2D eigenvalue weighted by Crippen LogP contribution is -2.28. The van der Waals surface area contributed by atoms with E-state index in [2.05, 4.69) is 10.1 Å². The molecule has 6 heteroatoms. The number of amides is 1. The molecule has 0 spiro atoms. The summed E-state index contributed by atoms with van der Waals surface area (Å²) in [6, 6.07) is 11.5. The summed E-state index contributed by atoms with van der Waals surface area (Å²) < 4.78 is 6.79. The predicted molar refractivity (Wildman–Crippen MR) is 86.5 cm³/mol. The third-order valence-electron chi connectivity index (χ3n) is 3.66. The first-order valence-electron chi connectivity index (χ1n) is 7.33. The predicted octanol–water partition coefficient (Wildman–Crippen LogP) is 2.81. The van der Waals surface area contributed by atoms with Gasteiger partial charge in [-0.3, -0.25) is 4.79 Å². The summed E-state index contributed by atoms with van der Waals surface area (Å²) in [4.78, 5) is 18.6. The first-order valence-corrected chi connectivity index (χ1v) is 7.33. The summed E-state index contributed by atoms with van der Waals surface area (Å²) in [5, 5.41) is 3.87. The Morgan fingerprint density at radius 1 is 1.22 bits per heavy atom. The zero-order valence-electron chi connectivity index (χ0n) is 13.4. The second-order valence-electron chi connectivity index (χ2n) is 5.45. The number of hydrogen-bond donors (Lipinski definition) is 0. The van der Waals surface area contributed by atoms with Gasteiger partial charge in [-0.25, -0.2) is 0 Å². The Kier molecular flexibility index (Phi) is 3.97. The average Bonchev–Trinajstić information content (AvgIpc) is 3.16. The molecule has 2 aromatic heterocycles. The lowest BCUT2D eigenvalue weighted by molar-refractivity contribution is 0.0984. The van der Waals surface area contributed by atoms with Crippen LogP contribution < -0.4 is 4.90 Å². The Morgan fingerprint density at radius 3 is 2.61 bits per heavy atom. The number of nitrogens with zero attached hydrogens (tertiary/aromatic N) is 4. The van der Waals surface area contributed by atoms with Crippen molar-refractivity contribution in [2.24, 2.45) is 0 Å². The fraction of sp³-hybridized carbons (Fsp3) is 0.235. The van der Waals surface area contributed by atoms with Gasteiger partial charge in [-0.1, -0.05) is 22.9 Å². The van der Waals surface area contributed by atoms with E-state index in [4.69, 9.17) is 4.52 Å². The highest BCUT2D eigenvalue weighted by molar-refractivity contribution is 6.04. The topological polar surface area (TPSA) is 64.2 Å². The van der Waals surface area contributed by atoms with Crippen LogP contribution in [0.15, 0.2) is 47.1 Å². The fourth-order valence-corrected chi connectivity index (χ4v) is 2.36. The first kappa shape index (κ1) is 15.0. The maximum absolute atomic E-state index is 12.7. The van der Waals surface area contributed by atoms with E-state index >= 15 is 0 Å². The summed E-state index contributed by atoms with van der Waals surface area (Å²) in [5.41, 5.74) is 2.59. The number of aromatic nitrogens is 3. The van der Waals surface area contributed by atoms with Crippen molar-refractivity contribution in [3.05, 3.63) is 65.6 Å². The quantitative estimate of drug-likeness (QED) is 0.743. The lowest BCUT2D eigenvalue weighted by atomic mass is 10.2. The molecule has 0 bridgehead atoms. The molecule has 0 N–H and O–H groups in total. The SMILES string of the molecule is Cc1ccc(N(C)C(=O)c2cccn2Cc2noc(C)n2)cc1. The monoisotopic (exact) mass is 310 g/mol. The van der Waals surface area contributed by atoms with Crippen molar-refractivity contribution < 1.29 is 9.32 Å². The normalized spacial score (nSPS) is 10.7. The van der Waals surface area contributed by atoms with Crippen LogP contribution in [-0.2, 0) is 6.54 Å². The van der Waals surface area contributed by atoms with E-state index in [1.54, 1.807) is 24.9 Å². The minimum atomic E-state index is -0.0842. The molecule has 3 rings (SSSR count).